The van der Waals surface area contributed by atoms with Crippen LogP contribution < -0.4 is 15.5 Å². The van der Waals surface area contributed by atoms with Crippen molar-refractivity contribution in [3.63, 3.8) is 0 Å². The fourth-order valence-electron chi connectivity index (χ4n) is 3.70. The van der Waals surface area contributed by atoms with Gasteiger partial charge in [-0.2, -0.15) is 0 Å². The van der Waals surface area contributed by atoms with E-state index in [0.717, 1.165) is 30.2 Å². The Morgan fingerprint density at radius 3 is 2.56 bits per heavy atom. The van der Waals surface area contributed by atoms with Crippen molar-refractivity contribution in [2.24, 2.45) is 0 Å². The molecule has 1 aliphatic rings. The van der Waals surface area contributed by atoms with Crippen LogP contribution in [0.3, 0.4) is 0 Å². The van der Waals surface area contributed by atoms with Gasteiger partial charge in [-0.25, -0.2) is 4.98 Å². The third-order valence-electron chi connectivity index (χ3n) is 5.32. The van der Waals surface area contributed by atoms with E-state index in [1.54, 1.807) is 12.3 Å². The largest absolute Gasteiger partial charge is 0.372 e. The fourth-order valence-corrected chi connectivity index (χ4v) is 3.70. The molecule has 27 heavy (non-hydrogen) atoms. The zero-order chi connectivity index (χ0) is 19.2. The van der Waals surface area contributed by atoms with E-state index >= 15 is 0 Å². The highest BCUT2D eigenvalue weighted by Gasteiger charge is 2.16. The van der Waals surface area contributed by atoms with Crippen molar-refractivity contribution in [1.29, 1.82) is 0 Å². The van der Waals surface area contributed by atoms with Gasteiger partial charge in [0, 0.05) is 42.3 Å². The maximum Gasteiger partial charge on any atom is 0.255 e. The first-order valence-corrected chi connectivity index (χ1v) is 10.00. The van der Waals surface area contributed by atoms with Crippen molar-refractivity contribution in [3.05, 3.63) is 47.7 Å². The quantitative estimate of drug-likeness (QED) is 0.736. The van der Waals surface area contributed by atoms with Crippen LogP contribution in [0.1, 0.15) is 55.5 Å². The lowest BCUT2D eigenvalue weighted by atomic mass is 10.1. The first-order chi connectivity index (χ1) is 13.1. The SMILES string of the molecule is CCN(CC)c1ccc(NC(=O)c2ccnc(NC3CCCC3)c2)c(C)c1. The lowest BCUT2D eigenvalue weighted by molar-refractivity contribution is 0.102. The monoisotopic (exact) mass is 366 g/mol. The first kappa shape index (κ1) is 19.2. The summed E-state index contributed by atoms with van der Waals surface area (Å²) < 4.78 is 0. The molecule has 1 fully saturated rings. The summed E-state index contributed by atoms with van der Waals surface area (Å²) in [6, 6.07) is 10.3. The second-order valence-electron chi connectivity index (χ2n) is 7.18. The molecule has 0 spiro atoms. The van der Waals surface area contributed by atoms with E-state index in [1.807, 2.05) is 19.1 Å². The van der Waals surface area contributed by atoms with Gasteiger partial charge in [-0.05, 0) is 69.5 Å². The summed E-state index contributed by atoms with van der Waals surface area (Å²) in [7, 11) is 0. The van der Waals surface area contributed by atoms with E-state index in [2.05, 4.69) is 46.5 Å². The number of hydrogen-bond donors (Lipinski definition) is 2. The Morgan fingerprint density at radius 1 is 1.15 bits per heavy atom. The van der Waals surface area contributed by atoms with E-state index < -0.39 is 0 Å². The van der Waals surface area contributed by atoms with Crippen LogP contribution in [0.5, 0.6) is 0 Å². The number of aryl methyl sites for hydroxylation is 1. The van der Waals surface area contributed by atoms with E-state index in [1.165, 1.54) is 31.4 Å². The topological polar surface area (TPSA) is 57.3 Å². The number of carbonyl (C=O) groups is 1. The highest BCUT2D eigenvalue weighted by molar-refractivity contribution is 6.05. The van der Waals surface area contributed by atoms with Gasteiger partial charge in [0.05, 0.1) is 0 Å². The second-order valence-corrected chi connectivity index (χ2v) is 7.18. The molecule has 0 aliphatic heterocycles. The van der Waals surface area contributed by atoms with Gasteiger partial charge in [0.1, 0.15) is 5.82 Å². The minimum absolute atomic E-state index is 0.106. The Hall–Kier alpha value is -2.56. The predicted molar refractivity (Wildman–Crippen MR) is 113 cm³/mol. The summed E-state index contributed by atoms with van der Waals surface area (Å²) >= 11 is 0. The molecule has 0 radical (unpaired) electrons. The number of nitrogens with one attached hydrogen (secondary N) is 2. The van der Waals surface area contributed by atoms with Gasteiger partial charge in [0.2, 0.25) is 0 Å². The van der Waals surface area contributed by atoms with Crippen LogP contribution in [0.15, 0.2) is 36.5 Å². The average Bonchev–Trinajstić information content (AvgIpc) is 3.18. The predicted octanol–water partition coefficient (Wildman–Crippen LogP) is 4.84. The Labute approximate surface area is 162 Å². The molecule has 0 saturated heterocycles. The lowest BCUT2D eigenvalue weighted by Crippen LogP contribution is -2.22. The molecule has 0 unspecified atom stereocenters. The molecule has 5 nitrogen and oxygen atoms in total. The molecule has 3 rings (SSSR count). The molecule has 0 bridgehead atoms. The molecule has 1 aromatic heterocycles. The van der Waals surface area contributed by atoms with Gasteiger partial charge in [0.15, 0.2) is 0 Å². The normalized spacial score (nSPS) is 14.2. The zero-order valence-corrected chi connectivity index (χ0v) is 16.6. The van der Waals surface area contributed by atoms with Gasteiger partial charge in [-0.1, -0.05) is 12.8 Å². The van der Waals surface area contributed by atoms with Crippen molar-refractivity contribution in [3.8, 4) is 0 Å². The Bertz CT molecular complexity index is 780. The smallest absolute Gasteiger partial charge is 0.255 e. The van der Waals surface area contributed by atoms with Gasteiger partial charge in [-0.3, -0.25) is 4.79 Å². The summed E-state index contributed by atoms with van der Waals surface area (Å²) in [6.07, 6.45) is 6.58. The fraction of sp³-hybridized carbons (Fsp3) is 0.455. The molecule has 144 valence electrons. The summed E-state index contributed by atoms with van der Waals surface area (Å²) in [5, 5.41) is 6.48. The molecule has 1 saturated carbocycles. The van der Waals surface area contributed by atoms with Crippen LogP contribution in [-0.4, -0.2) is 30.0 Å². The maximum atomic E-state index is 12.7. The van der Waals surface area contributed by atoms with Crippen LogP contribution in [0.25, 0.3) is 0 Å². The third-order valence-corrected chi connectivity index (χ3v) is 5.32. The van der Waals surface area contributed by atoms with Gasteiger partial charge < -0.3 is 15.5 Å². The Morgan fingerprint density at radius 2 is 1.89 bits per heavy atom. The molecular formula is C22H30N4O. The highest BCUT2D eigenvalue weighted by Crippen LogP contribution is 2.24. The van der Waals surface area contributed by atoms with Crippen LogP contribution in [0, 0.1) is 6.92 Å². The minimum Gasteiger partial charge on any atom is -0.372 e. The van der Waals surface area contributed by atoms with Crippen LogP contribution in [-0.2, 0) is 0 Å². The zero-order valence-electron chi connectivity index (χ0n) is 16.6. The molecule has 5 heteroatoms. The van der Waals surface area contributed by atoms with Crippen molar-refractivity contribution < 1.29 is 4.79 Å². The summed E-state index contributed by atoms with van der Waals surface area (Å²) in [6.45, 7) is 8.26. The highest BCUT2D eigenvalue weighted by atomic mass is 16.1. The minimum atomic E-state index is -0.106. The molecule has 1 amide bonds. The summed E-state index contributed by atoms with van der Waals surface area (Å²) in [5.41, 5.74) is 3.71. The van der Waals surface area contributed by atoms with E-state index in [-0.39, 0.29) is 5.91 Å². The number of hydrogen-bond acceptors (Lipinski definition) is 4. The average molecular weight is 367 g/mol. The number of nitrogens with zero attached hydrogens (tertiary/aromatic N) is 2. The van der Waals surface area contributed by atoms with E-state index in [4.69, 9.17) is 0 Å². The molecule has 0 atom stereocenters. The van der Waals surface area contributed by atoms with Gasteiger partial charge in [-0.15, -0.1) is 0 Å². The van der Waals surface area contributed by atoms with Crippen LogP contribution in [0.4, 0.5) is 17.2 Å². The summed E-state index contributed by atoms with van der Waals surface area (Å²) in [5.74, 6) is 0.675. The molecule has 1 aliphatic carbocycles. The molecule has 2 N–H and O–H groups in total. The van der Waals surface area contributed by atoms with E-state index in [0.29, 0.717) is 11.6 Å². The number of anilines is 3. The number of benzene rings is 1. The number of pyridine rings is 1. The molecule has 1 aromatic carbocycles. The van der Waals surface area contributed by atoms with Crippen molar-refractivity contribution in [1.82, 2.24) is 4.98 Å². The molecular weight excluding hydrogens is 336 g/mol. The van der Waals surface area contributed by atoms with Crippen molar-refractivity contribution in [2.45, 2.75) is 52.5 Å². The van der Waals surface area contributed by atoms with Gasteiger partial charge >= 0.3 is 0 Å². The number of carbonyl (C=O) groups excluding carboxylic acids is 1. The molecule has 2 aromatic rings. The van der Waals surface area contributed by atoms with Crippen molar-refractivity contribution >= 4 is 23.1 Å². The number of aromatic nitrogens is 1. The Balaban J connectivity index is 1.69. The van der Waals surface area contributed by atoms with Gasteiger partial charge in [0.25, 0.3) is 5.91 Å². The standard InChI is InChI=1S/C22H30N4O/c1-4-26(5-2)19-10-11-20(16(3)14-19)25-22(27)17-12-13-23-21(15-17)24-18-8-6-7-9-18/h10-15,18H,4-9H2,1-3H3,(H,23,24)(H,25,27). The molecule has 1 heterocycles. The van der Waals surface area contributed by atoms with Crippen molar-refractivity contribution in [2.75, 3.05) is 28.6 Å². The maximum absolute atomic E-state index is 12.7. The second kappa shape index (κ2) is 8.89. The summed E-state index contributed by atoms with van der Waals surface area (Å²) in [4.78, 5) is 19.4. The van der Waals surface area contributed by atoms with E-state index in [9.17, 15) is 4.79 Å². The first-order valence-electron chi connectivity index (χ1n) is 10.00. The number of rotatable bonds is 7. The third kappa shape index (κ3) is 4.79. The van der Waals surface area contributed by atoms with Crippen LogP contribution in [0.2, 0.25) is 0 Å². The van der Waals surface area contributed by atoms with Crippen LogP contribution >= 0.6 is 0 Å². The lowest BCUT2D eigenvalue weighted by Gasteiger charge is -2.22. The number of amides is 1. The Kier molecular flexibility index (Phi) is 6.32.